The highest BCUT2D eigenvalue weighted by Crippen LogP contribution is 2.33. The lowest BCUT2D eigenvalue weighted by atomic mass is 10.1. The van der Waals surface area contributed by atoms with Gasteiger partial charge in [-0.25, -0.2) is 15.0 Å². The minimum absolute atomic E-state index is 0.237. The van der Waals surface area contributed by atoms with Crippen molar-refractivity contribution in [1.82, 2.24) is 19.9 Å². The Labute approximate surface area is 188 Å². The third-order valence-electron chi connectivity index (χ3n) is 6.09. The quantitative estimate of drug-likeness (QED) is 0.523. The highest BCUT2D eigenvalue weighted by Gasteiger charge is 2.22. The van der Waals surface area contributed by atoms with E-state index in [0.717, 1.165) is 60.5 Å². The molecule has 0 radical (unpaired) electrons. The molecule has 160 valence electrons. The van der Waals surface area contributed by atoms with E-state index in [1.54, 1.807) is 0 Å². The number of anilines is 2. The number of hydrogen-bond donors (Lipinski definition) is 0. The molecule has 6 nitrogen and oxygen atoms in total. The molecule has 2 aromatic heterocycles. The van der Waals surface area contributed by atoms with Gasteiger partial charge in [-0.2, -0.15) is 4.98 Å². The first kappa shape index (κ1) is 20.2. The van der Waals surface area contributed by atoms with Gasteiger partial charge in [0.25, 0.3) is 0 Å². The van der Waals surface area contributed by atoms with Crippen molar-refractivity contribution in [2.45, 2.75) is 38.5 Å². The first-order valence-electron chi connectivity index (χ1n) is 11.3. The van der Waals surface area contributed by atoms with Crippen molar-refractivity contribution in [3.05, 3.63) is 47.9 Å². The average Bonchev–Trinajstić information content (AvgIpc) is 2.85. The maximum atomic E-state index is 6.36. The molecule has 0 atom stereocenters. The van der Waals surface area contributed by atoms with E-state index in [9.17, 15) is 0 Å². The van der Waals surface area contributed by atoms with Crippen LogP contribution in [0.5, 0.6) is 0 Å². The highest BCUT2D eigenvalue weighted by atomic mass is 35.5. The molecule has 0 unspecified atom stereocenters. The fourth-order valence-electron chi connectivity index (χ4n) is 4.45. The van der Waals surface area contributed by atoms with Crippen LogP contribution in [0.4, 0.5) is 11.8 Å². The summed E-state index contributed by atoms with van der Waals surface area (Å²) in [6.07, 6.45) is 9.25. The molecule has 5 rings (SSSR count). The third-order valence-corrected chi connectivity index (χ3v) is 6.26. The van der Waals surface area contributed by atoms with Crippen molar-refractivity contribution >= 4 is 23.4 Å². The highest BCUT2D eigenvalue weighted by molar-refractivity contribution is 6.28. The number of hydrogen-bond acceptors (Lipinski definition) is 6. The van der Waals surface area contributed by atoms with Gasteiger partial charge < -0.3 is 9.80 Å². The van der Waals surface area contributed by atoms with Gasteiger partial charge in [0.2, 0.25) is 11.2 Å². The number of rotatable bonds is 4. The van der Waals surface area contributed by atoms with Gasteiger partial charge in [-0.15, -0.1) is 0 Å². The lowest BCUT2D eigenvalue weighted by Gasteiger charge is -2.31. The largest absolute Gasteiger partial charge is 0.356 e. The molecule has 0 bridgehead atoms. The Morgan fingerprint density at radius 1 is 0.710 bits per heavy atom. The number of halogens is 1. The van der Waals surface area contributed by atoms with E-state index in [1.165, 1.54) is 38.5 Å². The Kier molecular flexibility index (Phi) is 5.98. The van der Waals surface area contributed by atoms with Crippen molar-refractivity contribution in [1.29, 1.82) is 0 Å². The standard InChI is InChI=1S/C24H27ClN6/c25-23-27-20(18-10-4-1-5-11-18)16-21(28-23)19-17-26-24(31-14-8-3-9-15-31)29-22(19)30-12-6-2-7-13-30/h1,4-5,10-11,16-17H,2-3,6-9,12-15H2. The van der Waals surface area contributed by atoms with Gasteiger partial charge in [0.15, 0.2) is 0 Å². The van der Waals surface area contributed by atoms with Gasteiger partial charge in [0.1, 0.15) is 5.82 Å². The molecule has 2 fully saturated rings. The zero-order valence-electron chi connectivity index (χ0n) is 17.7. The van der Waals surface area contributed by atoms with Crippen molar-refractivity contribution in [2.24, 2.45) is 0 Å². The van der Waals surface area contributed by atoms with Crippen LogP contribution in [-0.4, -0.2) is 46.1 Å². The second kappa shape index (κ2) is 9.18. The summed E-state index contributed by atoms with van der Waals surface area (Å²) in [5.41, 5.74) is 3.51. The van der Waals surface area contributed by atoms with Crippen LogP contribution in [0.1, 0.15) is 38.5 Å². The molecule has 31 heavy (non-hydrogen) atoms. The van der Waals surface area contributed by atoms with E-state index in [-0.39, 0.29) is 5.28 Å². The Morgan fingerprint density at radius 3 is 2.06 bits per heavy atom. The van der Waals surface area contributed by atoms with Crippen molar-refractivity contribution in [3.63, 3.8) is 0 Å². The smallest absolute Gasteiger partial charge is 0.227 e. The van der Waals surface area contributed by atoms with Gasteiger partial charge in [-0.1, -0.05) is 30.3 Å². The molecule has 1 aromatic carbocycles. The maximum absolute atomic E-state index is 6.36. The minimum Gasteiger partial charge on any atom is -0.356 e. The Bertz CT molecular complexity index is 1030. The fraction of sp³-hybridized carbons (Fsp3) is 0.417. The summed E-state index contributed by atoms with van der Waals surface area (Å²) in [7, 11) is 0. The van der Waals surface area contributed by atoms with Crippen LogP contribution >= 0.6 is 11.6 Å². The number of piperidine rings is 2. The van der Waals surface area contributed by atoms with Crippen molar-refractivity contribution in [3.8, 4) is 22.5 Å². The predicted octanol–water partition coefficient (Wildman–Crippen LogP) is 5.23. The van der Waals surface area contributed by atoms with Gasteiger partial charge in [-0.3, -0.25) is 0 Å². The molecule has 0 aliphatic carbocycles. The van der Waals surface area contributed by atoms with E-state index < -0.39 is 0 Å². The van der Waals surface area contributed by atoms with E-state index in [1.807, 2.05) is 42.6 Å². The summed E-state index contributed by atoms with van der Waals surface area (Å²) in [5.74, 6) is 1.79. The molecular weight excluding hydrogens is 408 g/mol. The molecule has 0 N–H and O–H groups in total. The summed E-state index contributed by atoms with van der Waals surface area (Å²) >= 11 is 6.36. The lowest BCUT2D eigenvalue weighted by Crippen LogP contribution is -2.34. The molecular formula is C24H27ClN6. The van der Waals surface area contributed by atoms with E-state index in [4.69, 9.17) is 21.6 Å². The van der Waals surface area contributed by atoms with Gasteiger partial charge in [0, 0.05) is 37.9 Å². The molecule has 2 aliphatic rings. The third kappa shape index (κ3) is 4.49. The monoisotopic (exact) mass is 434 g/mol. The second-order valence-corrected chi connectivity index (χ2v) is 8.61. The Hall–Kier alpha value is -2.73. The van der Waals surface area contributed by atoms with Crippen molar-refractivity contribution in [2.75, 3.05) is 36.0 Å². The summed E-state index contributed by atoms with van der Waals surface area (Å²) in [6.45, 7) is 4.06. The van der Waals surface area contributed by atoms with Crippen LogP contribution in [0.15, 0.2) is 42.6 Å². The van der Waals surface area contributed by atoms with Gasteiger partial charge in [0.05, 0.1) is 17.0 Å². The van der Waals surface area contributed by atoms with Gasteiger partial charge in [-0.05, 0) is 56.2 Å². The number of benzene rings is 1. The molecule has 4 heterocycles. The molecule has 0 amide bonds. The molecule has 0 spiro atoms. The summed E-state index contributed by atoms with van der Waals surface area (Å²) < 4.78 is 0. The molecule has 2 aliphatic heterocycles. The normalized spacial score (nSPS) is 17.1. The first-order valence-corrected chi connectivity index (χ1v) is 11.6. The zero-order valence-corrected chi connectivity index (χ0v) is 18.4. The van der Waals surface area contributed by atoms with Crippen molar-refractivity contribution < 1.29 is 0 Å². The Morgan fingerprint density at radius 2 is 1.35 bits per heavy atom. The fourth-order valence-corrected chi connectivity index (χ4v) is 4.63. The number of aromatic nitrogens is 4. The summed E-state index contributed by atoms with van der Waals surface area (Å²) in [5, 5.41) is 0.237. The SMILES string of the molecule is Clc1nc(-c2ccccc2)cc(-c2cnc(N3CCCCC3)nc2N2CCCCC2)n1. The van der Waals surface area contributed by atoms with E-state index in [2.05, 4.69) is 19.8 Å². The predicted molar refractivity (Wildman–Crippen MR) is 126 cm³/mol. The molecule has 3 aromatic rings. The van der Waals surface area contributed by atoms with Crippen LogP contribution in [0.3, 0.4) is 0 Å². The second-order valence-electron chi connectivity index (χ2n) is 8.28. The van der Waals surface area contributed by atoms with E-state index >= 15 is 0 Å². The lowest BCUT2D eigenvalue weighted by molar-refractivity contribution is 0.561. The summed E-state index contributed by atoms with van der Waals surface area (Å²) in [6, 6.07) is 12.1. The van der Waals surface area contributed by atoms with Crippen LogP contribution in [0, 0.1) is 0 Å². The molecule has 0 saturated carbocycles. The zero-order chi connectivity index (χ0) is 21.0. The van der Waals surface area contributed by atoms with E-state index in [0.29, 0.717) is 0 Å². The topological polar surface area (TPSA) is 58.0 Å². The summed E-state index contributed by atoms with van der Waals surface area (Å²) in [4.78, 5) is 23.5. The maximum Gasteiger partial charge on any atom is 0.227 e. The van der Waals surface area contributed by atoms with Crippen LogP contribution in [0.2, 0.25) is 5.28 Å². The van der Waals surface area contributed by atoms with Crippen LogP contribution in [-0.2, 0) is 0 Å². The minimum atomic E-state index is 0.237. The number of nitrogens with zero attached hydrogens (tertiary/aromatic N) is 6. The molecule has 7 heteroatoms. The Balaban J connectivity index is 1.58. The van der Waals surface area contributed by atoms with Crippen LogP contribution < -0.4 is 9.80 Å². The molecule has 2 saturated heterocycles. The average molecular weight is 435 g/mol. The van der Waals surface area contributed by atoms with Gasteiger partial charge >= 0.3 is 0 Å². The first-order chi connectivity index (χ1) is 15.3. The van der Waals surface area contributed by atoms with Crippen LogP contribution in [0.25, 0.3) is 22.5 Å².